The molecule has 0 radical (unpaired) electrons. The normalized spacial score (nSPS) is 20.3. The van der Waals surface area contributed by atoms with Gasteiger partial charge >= 0.3 is 0 Å². The summed E-state index contributed by atoms with van der Waals surface area (Å²) >= 11 is 0. The molecule has 1 aliphatic carbocycles. The van der Waals surface area contributed by atoms with Crippen LogP contribution < -0.4 is 15.5 Å². The number of nitrogens with two attached hydrogens (primary N) is 1. The zero-order valence-electron chi connectivity index (χ0n) is 17.7. The van der Waals surface area contributed by atoms with Crippen LogP contribution in [-0.4, -0.2) is 44.8 Å². The van der Waals surface area contributed by atoms with Gasteiger partial charge < -0.3 is 15.5 Å². The van der Waals surface area contributed by atoms with Crippen molar-refractivity contribution in [3.05, 3.63) is 65.6 Å². The largest absolute Gasteiger partial charge is 0.354 e. The minimum Gasteiger partial charge on any atom is -0.354 e. The molecule has 1 aromatic carbocycles. The lowest BCUT2D eigenvalue weighted by atomic mass is 9.74. The standard InChI is InChI=1S/C24H24N8.CH4/c25-21-16-6-2-1-5-15(16)11-24(21)13-31(14-24)19-12-27-20-22(28-19)29-30-23(20)32-10-4-7-17-18(32)8-3-9-26-17;/h1-3,5-6,8-9,12,21H,4,7,10-11,13-14,25H2,(H,28,29,30);1H4/t21-;/m0./s1. The van der Waals surface area contributed by atoms with Gasteiger partial charge in [-0.25, -0.2) is 9.97 Å². The monoisotopic (exact) mass is 440 g/mol. The van der Waals surface area contributed by atoms with E-state index in [0.717, 1.165) is 67.4 Å². The minimum atomic E-state index is 0. The summed E-state index contributed by atoms with van der Waals surface area (Å²) in [7, 11) is 0. The fraction of sp³-hybridized carbons (Fsp3) is 0.360. The van der Waals surface area contributed by atoms with Gasteiger partial charge in [-0.2, -0.15) is 5.10 Å². The van der Waals surface area contributed by atoms with Crippen LogP contribution in [0.3, 0.4) is 0 Å². The Balaban J connectivity index is 0.00000206. The number of nitrogens with zero attached hydrogens (tertiary/aromatic N) is 6. The summed E-state index contributed by atoms with van der Waals surface area (Å²) in [5, 5.41) is 7.69. The number of aromatic nitrogens is 5. The average molecular weight is 441 g/mol. The van der Waals surface area contributed by atoms with Crippen molar-refractivity contribution in [2.24, 2.45) is 11.1 Å². The van der Waals surface area contributed by atoms with Gasteiger partial charge in [0, 0.05) is 37.3 Å². The number of H-pyrrole nitrogens is 1. The number of aryl methyl sites for hydroxylation is 1. The molecule has 1 atom stereocenters. The van der Waals surface area contributed by atoms with Crippen molar-refractivity contribution in [3.8, 4) is 0 Å². The molecule has 0 unspecified atom stereocenters. The lowest BCUT2D eigenvalue weighted by Crippen LogP contribution is -2.60. The lowest BCUT2D eigenvalue weighted by molar-refractivity contribution is 0.181. The summed E-state index contributed by atoms with van der Waals surface area (Å²) in [6.07, 6.45) is 6.80. The molecule has 0 amide bonds. The Bertz CT molecular complexity index is 1340. The first-order chi connectivity index (χ1) is 15.7. The van der Waals surface area contributed by atoms with E-state index >= 15 is 0 Å². The molecule has 2 aliphatic heterocycles. The first-order valence-electron chi connectivity index (χ1n) is 11.2. The van der Waals surface area contributed by atoms with E-state index < -0.39 is 0 Å². The molecule has 3 N–H and O–H groups in total. The number of anilines is 3. The van der Waals surface area contributed by atoms with Crippen molar-refractivity contribution in [2.45, 2.75) is 32.7 Å². The molecule has 7 rings (SSSR count). The van der Waals surface area contributed by atoms with Crippen molar-refractivity contribution >= 4 is 28.5 Å². The molecule has 168 valence electrons. The Morgan fingerprint density at radius 3 is 2.85 bits per heavy atom. The Hall–Kier alpha value is -3.52. The van der Waals surface area contributed by atoms with Gasteiger partial charge in [0.1, 0.15) is 5.82 Å². The third kappa shape index (κ3) is 2.87. The quantitative estimate of drug-likeness (QED) is 0.492. The van der Waals surface area contributed by atoms with Crippen LogP contribution in [0, 0.1) is 5.41 Å². The van der Waals surface area contributed by atoms with Crippen LogP contribution in [0.15, 0.2) is 48.8 Å². The van der Waals surface area contributed by atoms with Gasteiger partial charge in [0.25, 0.3) is 0 Å². The number of fused-ring (bicyclic) bond motifs is 3. The van der Waals surface area contributed by atoms with Crippen LogP contribution in [0.5, 0.6) is 0 Å². The molecular formula is C25H28N8. The van der Waals surface area contributed by atoms with E-state index in [1.165, 1.54) is 11.1 Å². The fourth-order valence-corrected chi connectivity index (χ4v) is 5.74. The second-order valence-corrected chi connectivity index (χ2v) is 9.27. The summed E-state index contributed by atoms with van der Waals surface area (Å²) in [5.74, 6) is 1.70. The molecule has 1 spiro atoms. The zero-order chi connectivity index (χ0) is 21.3. The SMILES string of the molecule is C.N[C@H]1c2ccccc2CC12CN(c1cnc3c(N4CCCc5ncccc54)n[nH]c3n1)C2. The van der Waals surface area contributed by atoms with Gasteiger partial charge in [-0.05, 0) is 42.5 Å². The van der Waals surface area contributed by atoms with Crippen LogP contribution >= 0.6 is 0 Å². The smallest absolute Gasteiger partial charge is 0.183 e. The average Bonchev–Trinajstić information content (AvgIpc) is 3.36. The predicted octanol–water partition coefficient (Wildman–Crippen LogP) is 3.53. The maximum atomic E-state index is 6.65. The molecule has 8 heteroatoms. The van der Waals surface area contributed by atoms with Crippen LogP contribution in [0.25, 0.3) is 11.2 Å². The van der Waals surface area contributed by atoms with Gasteiger partial charge in [0.05, 0.1) is 17.6 Å². The molecule has 0 saturated carbocycles. The van der Waals surface area contributed by atoms with E-state index in [9.17, 15) is 0 Å². The molecule has 33 heavy (non-hydrogen) atoms. The molecular weight excluding hydrogens is 412 g/mol. The summed E-state index contributed by atoms with van der Waals surface area (Å²) in [4.78, 5) is 18.7. The number of nitrogens with one attached hydrogen (secondary N) is 1. The summed E-state index contributed by atoms with van der Waals surface area (Å²) in [6.45, 7) is 2.69. The fourth-order valence-electron chi connectivity index (χ4n) is 5.74. The molecule has 1 saturated heterocycles. The van der Waals surface area contributed by atoms with Gasteiger partial charge in [-0.15, -0.1) is 0 Å². The second-order valence-electron chi connectivity index (χ2n) is 9.27. The van der Waals surface area contributed by atoms with Gasteiger partial charge in [-0.1, -0.05) is 31.7 Å². The van der Waals surface area contributed by atoms with Gasteiger partial charge in [-0.3, -0.25) is 10.1 Å². The topological polar surface area (TPSA) is 99.9 Å². The Morgan fingerprint density at radius 2 is 1.97 bits per heavy atom. The molecule has 3 aliphatic rings. The summed E-state index contributed by atoms with van der Waals surface area (Å²) in [5.41, 5.74) is 13.2. The van der Waals surface area contributed by atoms with Crippen LogP contribution in [-0.2, 0) is 12.8 Å². The van der Waals surface area contributed by atoms with Crippen molar-refractivity contribution in [2.75, 3.05) is 29.4 Å². The second kappa shape index (κ2) is 7.25. The first-order valence-corrected chi connectivity index (χ1v) is 11.2. The molecule has 4 aromatic rings. The molecule has 5 heterocycles. The van der Waals surface area contributed by atoms with Gasteiger partial charge in [0.2, 0.25) is 0 Å². The summed E-state index contributed by atoms with van der Waals surface area (Å²) in [6, 6.07) is 12.7. The summed E-state index contributed by atoms with van der Waals surface area (Å²) < 4.78 is 0. The Morgan fingerprint density at radius 1 is 1.09 bits per heavy atom. The number of benzene rings is 1. The highest BCUT2D eigenvalue weighted by Crippen LogP contribution is 2.50. The van der Waals surface area contributed by atoms with Crippen molar-refractivity contribution in [1.29, 1.82) is 0 Å². The van der Waals surface area contributed by atoms with Crippen molar-refractivity contribution in [3.63, 3.8) is 0 Å². The van der Waals surface area contributed by atoms with Crippen molar-refractivity contribution in [1.82, 2.24) is 25.1 Å². The molecule has 8 nitrogen and oxygen atoms in total. The van der Waals surface area contributed by atoms with Gasteiger partial charge in [0.15, 0.2) is 17.0 Å². The highest BCUT2D eigenvalue weighted by molar-refractivity contribution is 5.87. The van der Waals surface area contributed by atoms with Crippen LogP contribution in [0.4, 0.5) is 17.3 Å². The highest BCUT2D eigenvalue weighted by atomic mass is 15.3. The van der Waals surface area contributed by atoms with E-state index in [2.05, 4.69) is 55.3 Å². The first kappa shape index (κ1) is 20.1. The van der Waals surface area contributed by atoms with Crippen molar-refractivity contribution < 1.29 is 0 Å². The Labute approximate surface area is 192 Å². The van der Waals surface area contributed by atoms with Crippen LogP contribution in [0.2, 0.25) is 0 Å². The zero-order valence-corrected chi connectivity index (χ0v) is 17.7. The van der Waals surface area contributed by atoms with E-state index in [-0.39, 0.29) is 18.9 Å². The van der Waals surface area contributed by atoms with E-state index in [0.29, 0.717) is 5.65 Å². The van der Waals surface area contributed by atoms with Crippen LogP contribution in [0.1, 0.15) is 36.7 Å². The third-order valence-electron chi connectivity index (χ3n) is 7.38. The predicted molar refractivity (Wildman–Crippen MR) is 130 cm³/mol. The maximum Gasteiger partial charge on any atom is 0.183 e. The number of hydrogen-bond donors (Lipinski definition) is 2. The Kier molecular flexibility index (Phi) is 4.42. The highest BCUT2D eigenvalue weighted by Gasteiger charge is 2.52. The molecule has 1 fully saturated rings. The number of pyridine rings is 1. The maximum absolute atomic E-state index is 6.65. The van der Waals surface area contributed by atoms with E-state index in [4.69, 9.17) is 15.7 Å². The lowest BCUT2D eigenvalue weighted by Gasteiger charge is -2.51. The number of hydrogen-bond acceptors (Lipinski definition) is 7. The minimum absolute atomic E-state index is 0. The third-order valence-corrected chi connectivity index (χ3v) is 7.38. The number of aromatic amines is 1. The molecule has 0 bridgehead atoms. The van der Waals surface area contributed by atoms with E-state index in [1.807, 2.05) is 18.5 Å². The van der Waals surface area contributed by atoms with E-state index in [1.54, 1.807) is 0 Å². The molecule has 3 aromatic heterocycles. The number of rotatable bonds is 2.